The van der Waals surface area contributed by atoms with Gasteiger partial charge in [0.15, 0.2) is 0 Å². The molecule has 0 aliphatic carbocycles. The molecule has 1 aliphatic rings. The molecule has 7 nitrogen and oxygen atoms in total. The Morgan fingerprint density at radius 3 is 2.61 bits per heavy atom. The lowest BCUT2D eigenvalue weighted by atomic mass is 9.93. The van der Waals surface area contributed by atoms with Crippen LogP contribution in [0.15, 0.2) is 66.1 Å². The number of benzene rings is 2. The summed E-state index contributed by atoms with van der Waals surface area (Å²) < 4.78 is 28.2. The number of amides is 2. The molecule has 2 aromatic carbocycles. The summed E-state index contributed by atoms with van der Waals surface area (Å²) in [4.78, 5) is 25.9. The van der Waals surface area contributed by atoms with Gasteiger partial charge in [0.25, 0.3) is 15.9 Å². The summed E-state index contributed by atoms with van der Waals surface area (Å²) in [6.45, 7) is 4.79. The number of carbonyl (C=O) groups is 2. The van der Waals surface area contributed by atoms with Gasteiger partial charge in [0, 0.05) is 25.1 Å². The number of piperidine rings is 1. The highest BCUT2D eigenvalue weighted by atomic mass is 35.5. The molecule has 176 valence electrons. The largest absolute Gasteiger partial charge is 0.370 e. The van der Waals surface area contributed by atoms with Gasteiger partial charge in [-0.3, -0.25) is 13.9 Å². The summed E-state index contributed by atoms with van der Waals surface area (Å²) in [7, 11) is -4.05. The van der Waals surface area contributed by atoms with Gasteiger partial charge in [-0.15, -0.1) is 6.58 Å². The van der Waals surface area contributed by atoms with Gasteiger partial charge in [-0.2, -0.15) is 0 Å². The fourth-order valence-electron chi connectivity index (χ4n) is 4.02. The SMILES string of the molecule is C=CCN(c1ccccc1)S(=O)(=O)c1cc(C(=O)N2CCCC(CCC(N)=O)C2)ccc1Cl. The second-order valence-electron chi connectivity index (χ2n) is 8.07. The Morgan fingerprint density at radius 1 is 1.21 bits per heavy atom. The molecule has 1 unspecified atom stereocenters. The molecule has 3 rings (SSSR count). The zero-order valence-electron chi connectivity index (χ0n) is 18.3. The van der Waals surface area contributed by atoms with E-state index in [0.29, 0.717) is 25.2 Å². The van der Waals surface area contributed by atoms with Crippen molar-refractivity contribution < 1.29 is 18.0 Å². The van der Waals surface area contributed by atoms with Crippen LogP contribution in [0.1, 0.15) is 36.0 Å². The number of primary amides is 1. The highest BCUT2D eigenvalue weighted by molar-refractivity contribution is 7.93. The summed E-state index contributed by atoms with van der Waals surface area (Å²) in [5, 5.41) is 0.0366. The van der Waals surface area contributed by atoms with E-state index >= 15 is 0 Å². The number of para-hydroxylation sites is 1. The minimum absolute atomic E-state index is 0.0366. The number of hydrogen-bond acceptors (Lipinski definition) is 4. The Kier molecular flexibility index (Phi) is 8.15. The third-order valence-electron chi connectivity index (χ3n) is 5.69. The lowest BCUT2D eigenvalue weighted by molar-refractivity contribution is -0.118. The molecule has 2 amide bonds. The first-order valence-corrected chi connectivity index (χ1v) is 12.6. The summed E-state index contributed by atoms with van der Waals surface area (Å²) in [5.41, 5.74) is 5.98. The summed E-state index contributed by atoms with van der Waals surface area (Å²) in [5.74, 6) is -0.428. The van der Waals surface area contributed by atoms with Crippen LogP contribution in [0.5, 0.6) is 0 Å². The number of hydrogen-bond donors (Lipinski definition) is 1. The molecule has 1 aliphatic heterocycles. The van der Waals surface area contributed by atoms with Gasteiger partial charge in [0.05, 0.1) is 17.3 Å². The highest BCUT2D eigenvalue weighted by Crippen LogP contribution is 2.30. The molecule has 0 aromatic heterocycles. The van der Waals surface area contributed by atoms with Crippen molar-refractivity contribution in [3.05, 3.63) is 71.8 Å². The Morgan fingerprint density at radius 2 is 1.94 bits per heavy atom. The first-order valence-electron chi connectivity index (χ1n) is 10.8. The Hall–Kier alpha value is -2.84. The molecular weight excluding hydrogens is 462 g/mol. The van der Waals surface area contributed by atoms with Crippen LogP contribution in [0, 0.1) is 5.92 Å². The topological polar surface area (TPSA) is 101 Å². The van der Waals surface area contributed by atoms with Crippen molar-refractivity contribution >= 4 is 39.1 Å². The smallest absolute Gasteiger partial charge is 0.266 e. The van der Waals surface area contributed by atoms with Crippen LogP contribution in [0.25, 0.3) is 0 Å². The molecule has 0 radical (unpaired) electrons. The molecule has 0 saturated carbocycles. The molecule has 2 aromatic rings. The second-order valence-corrected chi connectivity index (χ2v) is 10.3. The molecule has 0 bridgehead atoms. The van der Waals surface area contributed by atoms with Crippen LogP contribution >= 0.6 is 11.6 Å². The number of sulfonamides is 1. The van der Waals surface area contributed by atoms with Gasteiger partial charge in [0.1, 0.15) is 4.90 Å². The third-order valence-corrected chi connectivity index (χ3v) is 7.97. The van der Waals surface area contributed by atoms with Crippen molar-refractivity contribution in [2.45, 2.75) is 30.6 Å². The molecule has 1 atom stereocenters. The summed E-state index contributed by atoms with van der Waals surface area (Å²) in [6.07, 6.45) is 4.15. The van der Waals surface area contributed by atoms with Crippen LogP contribution in [0.4, 0.5) is 5.69 Å². The predicted molar refractivity (Wildman–Crippen MR) is 130 cm³/mol. The van der Waals surface area contributed by atoms with Crippen molar-refractivity contribution in [2.75, 3.05) is 23.9 Å². The number of carbonyl (C=O) groups excluding carboxylic acids is 2. The van der Waals surface area contributed by atoms with Gasteiger partial charge in [-0.05, 0) is 55.5 Å². The van der Waals surface area contributed by atoms with E-state index in [0.717, 1.165) is 12.8 Å². The van der Waals surface area contributed by atoms with E-state index < -0.39 is 10.0 Å². The van der Waals surface area contributed by atoms with Gasteiger partial charge < -0.3 is 10.6 Å². The third kappa shape index (κ3) is 5.94. The predicted octanol–water partition coefficient (Wildman–Crippen LogP) is 3.84. The van der Waals surface area contributed by atoms with Crippen LogP contribution in [-0.4, -0.2) is 44.8 Å². The first-order chi connectivity index (χ1) is 15.7. The molecule has 1 heterocycles. The molecule has 33 heavy (non-hydrogen) atoms. The molecule has 1 saturated heterocycles. The number of anilines is 1. The van der Waals surface area contributed by atoms with Crippen molar-refractivity contribution in [1.29, 1.82) is 0 Å². The summed E-state index contributed by atoms with van der Waals surface area (Å²) in [6, 6.07) is 13.0. The van der Waals surface area contributed by atoms with E-state index in [2.05, 4.69) is 6.58 Å². The zero-order valence-corrected chi connectivity index (χ0v) is 19.9. The minimum Gasteiger partial charge on any atom is -0.370 e. The number of nitrogens with two attached hydrogens (primary N) is 1. The Bertz CT molecular complexity index is 1120. The first kappa shape index (κ1) is 24.8. The maximum absolute atomic E-state index is 13.5. The van der Waals surface area contributed by atoms with E-state index in [1.54, 1.807) is 35.2 Å². The normalized spacial score (nSPS) is 16.3. The molecule has 9 heteroatoms. The van der Waals surface area contributed by atoms with Crippen molar-refractivity contribution in [2.24, 2.45) is 11.7 Å². The molecule has 0 spiro atoms. The second kappa shape index (κ2) is 10.9. The van der Waals surface area contributed by atoms with E-state index in [-0.39, 0.29) is 46.2 Å². The van der Waals surface area contributed by atoms with Gasteiger partial charge >= 0.3 is 0 Å². The quantitative estimate of drug-likeness (QED) is 0.541. The fourth-order valence-corrected chi connectivity index (χ4v) is 5.96. The number of rotatable bonds is 9. The average molecular weight is 490 g/mol. The number of halogens is 1. The Labute approximate surface area is 199 Å². The fraction of sp³-hybridized carbons (Fsp3) is 0.333. The monoisotopic (exact) mass is 489 g/mol. The van der Waals surface area contributed by atoms with E-state index in [1.807, 2.05) is 0 Å². The van der Waals surface area contributed by atoms with E-state index in [9.17, 15) is 18.0 Å². The molecular formula is C24H28ClN3O4S. The van der Waals surface area contributed by atoms with E-state index in [4.69, 9.17) is 17.3 Å². The van der Waals surface area contributed by atoms with Crippen molar-refractivity contribution in [3.63, 3.8) is 0 Å². The van der Waals surface area contributed by atoms with Crippen molar-refractivity contribution in [3.8, 4) is 0 Å². The molecule has 1 fully saturated rings. The molecule has 2 N–H and O–H groups in total. The van der Waals surface area contributed by atoms with Gasteiger partial charge in [0.2, 0.25) is 5.91 Å². The van der Waals surface area contributed by atoms with E-state index in [1.165, 1.54) is 28.6 Å². The average Bonchev–Trinajstić information content (AvgIpc) is 2.81. The summed E-state index contributed by atoms with van der Waals surface area (Å²) >= 11 is 6.30. The van der Waals surface area contributed by atoms with Gasteiger partial charge in [-0.25, -0.2) is 8.42 Å². The Balaban J connectivity index is 1.88. The van der Waals surface area contributed by atoms with Gasteiger partial charge in [-0.1, -0.05) is 35.9 Å². The highest BCUT2D eigenvalue weighted by Gasteiger charge is 2.29. The van der Waals surface area contributed by atoms with Crippen molar-refractivity contribution in [1.82, 2.24) is 4.90 Å². The van der Waals surface area contributed by atoms with Crippen LogP contribution in [-0.2, 0) is 14.8 Å². The standard InChI is InChI=1S/C24H28ClN3O4S/c1-2-14-28(20-8-4-3-5-9-20)33(31,32)22-16-19(11-12-21(22)25)24(30)27-15-6-7-18(17-27)10-13-23(26)29/h2-5,8-9,11-12,16,18H,1,6-7,10,13-15,17H2,(H2,26,29). The number of nitrogens with zero attached hydrogens (tertiary/aromatic N) is 2. The van der Waals surface area contributed by atoms with Crippen LogP contribution < -0.4 is 10.0 Å². The zero-order chi connectivity index (χ0) is 24.0. The maximum atomic E-state index is 13.5. The maximum Gasteiger partial charge on any atom is 0.266 e. The lowest BCUT2D eigenvalue weighted by Crippen LogP contribution is -2.40. The van der Waals surface area contributed by atoms with Crippen LogP contribution in [0.2, 0.25) is 5.02 Å². The number of likely N-dealkylation sites (tertiary alicyclic amines) is 1. The minimum atomic E-state index is -4.05. The lowest BCUT2D eigenvalue weighted by Gasteiger charge is -2.33. The van der Waals surface area contributed by atoms with Crippen LogP contribution in [0.3, 0.4) is 0 Å².